The van der Waals surface area contributed by atoms with Gasteiger partial charge in [-0.1, -0.05) is 74.5 Å². The molecule has 0 aromatic rings. The lowest BCUT2D eigenvalue weighted by Gasteiger charge is -2.73. The fourth-order valence-electron chi connectivity index (χ4n) is 13.9. The van der Waals surface area contributed by atoms with Crippen LogP contribution in [0.4, 0.5) is 0 Å². The van der Waals surface area contributed by atoms with Crippen molar-refractivity contribution >= 4 is 11.9 Å². The van der Waals surface area contributed by atoms with Crippen molar-refractivity contribution in [2.24, 2.45) is 62.1 Å². The van der Waals surface area contributed by atoms with Gasteiger partial charge in [-0.25, -0.2) is 0 Å². The van der Waals surface area contributed by atoms with Gasteiger partial charge in [-0.15, -0.1) is 0 Å². The van der Waals surface area contributed by atoms with E-state index < -0.39 is 11.4 Å². The molecule has 5 saturated carbocycles. The van der Waals surface area contributed by atoms with Gasteiger partial charge in [-0.05, 0) is 154 Å². The third-order valence-corrected chi connectivity index (χ3v) is 16.5. The van der Waals surface area contributed by atoms with Crippen molar-refractivity contribution in [2.75, 3.05) is 19.6 Å². The molecule has 5 heteroatoms. The van der Waals surface area contributed by atoms with Gasteiger partial charge >= 0.3 is 11.9 Å². The predicted octanol–water partition coefficient (Wildman–Crippen LogP) is 10.2. The Morgan fingerprint density at radius 3 is 2.15 bits per heavy atom. The second-order valence-corrected chi connectivity index (χ2v) is 19.6. The van der Waals surface area contributed by atoms with Crippen LogP contribution < -0.4 is 0 Å². The van der Waals surface area contributed by atoms with Crippen molar-refractivity contribution in [3.63, 3.8) is 0 Å². The van der Waals surface area contributed by atoms with Gasteiger partial charge < -0.3 is 14.7 Å². The van der Waals surface area contributed by atoms with Crippen LogP contribution in [-0.4, -0.2) is 47.7 Å². The van der Waals surface area contributed by atoms with Crippen LogP contribution in [0.5, 0.6) is 0 Å². The molecular weight excluding hydrogens is 582 g/mol. The molecule has 0 unspecified atom stereocenters. The Morgan fingerprint density at radius 2 is 1.53 bits per heavy atom. The number of carboxylic acids is 1. The molecule has 47 heavy (non-hydrogen) atoms. The molecule has 0 aromatic heterocycles. The van der Waals surface area contributed by atoms with Crippen molar-refractivity contribution in [3.05, 3.63) is 12.2 Å². The predicted molar refractivity (Wildman–Crippen MR) is 192 cm³/mol. The van der Waals surface area contributed by atoms with Crippen LogP contribution in [-0.2, 0) is 14.3 Å². The number of carboxylic acid groups (broad SMARTS) is 1. The number of carbonyl (C=O) groups excluding carboxylic acids is 1. The Morgan fingerprint density at radius 1 is 0.851 bits per heavy atom. The minimum absolute atomic E-state index is 0.0259. The number of fused-ring (bicyclic) bond motifs is 7. The van der Waals surface area contributed by atoms with E-state index in [2.05, 4.69) is 66.9 Å². The molecule has 0 amide bonds. The number of hydrogen-bond donors (Lipinski definition) is 1. The number of carbonyl (C=O) groups is 2. The molecule has 10 atom stereocenters. The molecule has 0 radical (unpaired) electrons. The van der Waals surface area contributed by atoms with Crippen molar-refractivity contribution in [1.29, 1.82) is 0 Å². The maximum Gasteiger partial charge on any atom is 0.306 e. The second kappa shape index (κ2) is 12.8. The smallest absolute Gasteiger partial charge is 0.306 e. The molecule has 1 N–H and O–H groups in total. The Kier molecular flexibility index (Phi) is 10.0. The van der Waals surface area contributed by atoms with E-state index in [0.717, 1.165) is 37.8 Å². The first-order chi connectivity index (χ1) is 21.8. The molecular formula is C42H71NO4. The summed E-state index contributed by atoms with van der Waals surface area (Å²) >= 11 is 0. The third-order valence-electron chi connectivity index (χ3n) is 16.5. The summed E-state index contributed by atoms with van der Waals surface area (Å²) in [6.07, 6.45) is 14.1. The molecule has 0 aliphatic heterocycles. The molecule has 5 aliphatic carbocycles. The molecule has 0 bridgehead atoms. The number of rotatable bonds is 11. The van der Waals surface area contributed by atoms with E-state index >= 15 is 0 Å². The number of nitrogens with zero attached hydrogens (tertiary/aromatic N) is 1. The summed E-state index contributed by atoms with van der Waals surface area (Å²) in [7, 11) is 0. The highest BCUT2D eigenvalue weighted by Crippen LogP contribution is 2.78. The topological polar surface area (TPSA) is 66.8 Å². The molecule has 0 saturated heterocycles. The minimum atomic E-state index is -0.864. The Balaban J connectivity index is 1.38. The first-order valence-electron chi connectivity index (χ1n) is 19.6. The Hall–Kier alpha value is -1.36. The molecule has 0 spiro atoms. The van der Waals surface area contributed by atoms with E-state index in [1.807, 2.05) is 13.8 Å². The summed E-state index contributed by atoms with van der Waals surface area (Å²) in [6, 6.07) is 0. The molecule has 5 aliphatic rings. The molecule has 5 nitrogen and oxygen atoms in total. The summed E-state index contributed by atoms with van der Waals surface area (Å²) in [5.74, 6) is 2.32. The molecule has 268 valence electrons. The van der Waals surface area contributed by atoms with E-state index in [0.29, 0.717) is 34.0 Å². The molecule has 5 fully saturated rings. The monoisotopic (exact) mass is 654 g/mol. The molecule has 0 heterocycles. The second-order valence-electron chi connectivity index (χ2n) is 19.6. The van der Waals surface area contributed by atoms with Crippen LogP contribution in [0.25, 0.3) is 0 Å². The number of esters is 1. The van der Waals surface area contributed by atoms with Crippen molar-refractivity contribution in [2.45, 2.75) is 159 Å². The lowest BCUT2D eigenvalue weighted by Crippen LogP contribution is -2.66. The highest BCUT2D eigenvalue weighted by Gasteiger charge is 2.71. The van der Waals surface area contributed by atoms with Gasteiger partial charge in [0.25, 0.3) is 0 Å². The average molecular weight is 654 g/mol. The quantitative estimate of drug-likeness (QED) is 0.178. The first kappa shape index (κ1) is 36.9. The zero-order valence-corrected chi connectivity index (χ0v) is 32.1. The number of ether oxygens (including phenoxy) is 1. The van der Waals surface area contributed by atoms with Gasteiger partial charge in [0.2, 0.25) is 0 Å². The van der Waals surface area contributed by atoms with Gasteiger partial charge in [0.15, 0.2) is 0 Å². The van der Waals surface area contributed by atoms with Crippen LogP contribution in [0.1, 0.15) is 153 Å². The van der Waals surface area contributed by atoms with Crippen molar-refractivity contribution in [1.82, 2.24) is 4.90 Å². The molecule has 0 aromatic carbocycles. The van der Waals surface area contributed by atoms with E-state index in [1.165, 1.54) is 69.9 Å². The normalized spacial score (nSPS) is 42.5. The fraction of sp³-hybridized carbons (Fsp3) is 0.905. The van der Waals surface area contributed by atoms with Gasteiger partial charge in [-0.3, -0.25) is 9.59 Å². The van der Waals surface area contributed by atoms with Crippen LogP contribution >= 0.6 is 0 Å². The first-order valence-corrected chi connectivity index (χ1v) is 19.6. The fourth-order valence-corrected chi connectivity index (χ4v) is 13.9. The van der Waals surface area contributed by atoms with Gasteiger partial charge in [0.1, 0.15) is 6.10 Å². The SMILES string of the molecule is C=C(C)[C@@H]1CC[C@]2(CCN(CC)CC)CC[C@]3(C)[C@H](CC[C@@H]4[C@@]5(C)CC[C@H](OC(=O)CC(C)(C)CC(=O)O)C(C)(C)[C@@H]5CC[C@]43C)[C@@H]12. The highest BCUT2D eigenvalue weighted by molar-refractivity contribution is 5.73. The third kappa shape index (κ3) is 6.07. The summed E-state index contributed by atoms with van der Waals surface area (Å²) in [4.78, 5) is 27.2. The largest absolute Gasteiger partial charge is 0.481 e. The standard InChI is InChI=1S/C42H71NO4/c1-12-43(13-2)25-24-42-21-16-29(28(3)4)36(42)30-14-15-32-39(9)19-18-33(47-35(46)27-37(5,6)26-34(44)45)38(7,8)31(39)17-20-41(32,11)40(30,10)22-23-42/h29-33,36H,3,12-27H2,1-2,4-11H3,(H,44,45)/t29-,30+,31-,32+,33-,36+,39-,40+,41+,42+/m0/s1. The van der Waals surface area contributed by atoms with Crippen LogP contribution in [0, 0.1) is 62.1 Å². The van der Waals surface area contributed by atoms with E-state index in [1.54, 1.807) is 0 Å². The number of hydrogen-bond acceptors (Lipinski definition) is 4. The van der Waals surface area contributed by atoms with Crippen molar-refractivity contribution in [3.8, 4) is 0 Å². The van der Waals surface area contributed by atoms with Crippen LogP contribution in [0.2, 0.25) is 0 Å². The zero-order valence-electron chi connectivity index (χ0n) is 32.1. The Labute approximate surface area is 288 Å². The van der Waals surface area contributed by atoms with Crippen LogP contribution in [0.3, 0.4) is 0 Å². The average Bonchev–Trinajstić information content (AvgIpc) is 3.35. The number of aliphatic carboxylic acids is 1. The summed E-state index contributed by atoms with van der Waals surface area (Å²) in [5, 5.41) is 9.33. The van der Waals surface area contributed by atoms with Crippen LogP contribution in [0.15, 0.2) is 12.2 Å². The minimum Gasteiger partial charge on any atom is -0.481 e. The highest BCUT2D eigenvalue weighted by atomic mass is 16.5. The maximum absolute atomic E-state index is 13.2. The maximum atomic E-state index is 13.2. The van der Waals surface area contributed by atoms with Crippen molar-refractivity contribution < 1.29 is 19.4 Å². The van der Waals surface area contributed by atoms with E-state index in [4.69, 9.17) is 4.74 Å². The van der Waals surface area contributed by atoms with Gasteiger partial charge in [-0.2, -0.15) is 0 Å². The Bertz CT molecular complexity index is 1200. The van der Waals surface area contributed by atoms with Gasteiger partial charge in [0, 0.05) is 5.41 Å². The summed E-state index contributed by atoms with van der Waals surface area (Å²) in [6.45, 7) is 31.7. The van der Waals surface area contributed by atoms with E-state index in [9.17, 15) is 14.7 Å². The van der Waals surface area contributed by atoms with E-state index in [-0.39, 0.29) is 35.7 Å². The summed E-state index contributed by atoms with van der Waals surface area (Å²) < 4.78 is 6.29. The number of allylic oxidation sites excluding steroid dienone is 1. The van der Waals surface area contributed by atoms with Gasteiger partial charge in [0.05, 0.1) is 12.8 Å². The summed E-state index contributed by atoms with van der Waals surface area (Å²) in [5.41, 5.74) is 2.08. The zero-order chi connectivity index (χ0) is 34.8. The lowest BCUT2D eigenvalue weighted by atomic mass is 9.32. The lowest BCUT2D eigenvalue weighted by molar-refractivity contribution is -0.250. The molecule has 5 rings (SSSR count).